The lowest BCUT2D eigenvalue weighted by atomic mass is 9.92. The van der Waals surface area contributed by atoms with Crippen LogP contribution in [-0.2, 0) is 16.1 Å². The zero-order valence-electron chi connectivity index (χ0n) is 13.6. The predicted molar refractivity (Wildman–Crippen MR) is 87.1 cm³/mol. The monoisotopic (exact) mass is 313 g/mol. The molecule has 0 saturated carbocycles. The fourth-order valence-corrected chi connectivity index (χ4v) is 3.83. The number of nitrogens with zero attached hydrogens (tertiary/aromatic N) is 3. The van der Waals surface area contributed by atoms with Crippen LogP contribution >= 0.6 is 0 Å². The third-order valence-electron chi connectivity index (χ3n) is 5.17. The zero-order chi connectivity index (χ0) is 15.9. The van der Waals surface area contributed by atoms with Gasteiger partial charge in [-0.1, -0.05) is 6.07 Å². The van der Waals surface area contributed by atoms with E-state index in [-0.39, 0.29) is 11.5 Å². The minimum Gasteiger partial charge on any atom is -0.375 e. The maximum Gasteiger partial charge on any atom is 0.223 e. The molecule has 122 valence electrons. The molecule has 0 aliphatic carbocycles. The maximum absolute atomic E-state index is 12.5. The highest BCUT2D eigenvalue weighted by molar-refractivity contribution is 5.76. The van der Waals surface area contributed by atoms with Gasteiger partial charge in [0.15, 0.2) is 0 Å². The second-order valence-corrected chi connectivity index (χ2v) is 6.90. The van der Waals surface area contributed by atoms with E-state index in [1.165, 1.54) is 5.56 Å². The van der Waals surface area contributed by atoms with Gasteiger partial charge in [0.1, 0.15) is 5.65 Å². The third-order valence-corrected chi connectivity index (χ3v) is 5.17. The molecule has 4 heterocycles. The fourth-order valence-electron chi connectivity index (χ4n) is 3.83. The Morgan fingerprint density at radius 1 is 1.26 bits per heavy atom. The number of hydrogen-bond acceptors (Lipinski definition) is 3. The van der Waals surface area contributed by atoms with Crippen LogP contribution in [0.15, 0.2) is 24.5 Å². The van der Waals surface area contributed by atoms with E-state index in [2.05, 4.69) is 24.2 Å². The van der Waals surface area contributed by atoms with Crippen LogP contribution in [-0.4, -0.2) is 38.9 Å². The van der Waals surface area contributed by atoms with Crippen LogP contribution in [0.4, 0.5) is 0 Å². The molecule has 2 fully saturated rings. The summed E-state index contributed by atoms with van der Waals surface area (Å²) < 4.78 is 8.01. The summed E-state index contributed by atoms with van der Waals surface area (Å²) in [4.78, 5) is 19.1. The molecular formula is C18H23N3O2. The molecule has 2 saturated heterocycles. The van der Waals surface area contributed by atoms with Crippen molar-refractivity contribution < 1.29 is 9.53 Å². The summed E-state index contributed by atoms with van der Waals surface area (Å²) in [5, 5.41) is 0. The van der Waals surface area contributed by atoms with E-state index in [9.17, 15) is 4.79 Å². The fraction of sp³-hybridized carbons (Fsp3) is 0.556. The quantitative estimate of drug-likeness (QED) is 0.856. The highest BCUT2D eigenvalue weighted by Crippen LogP contribution is 2.36. The van der Waals surface area contributed by atoms with Crippen molar-refractivity contribution in [2.45, 2.75) is 51.2 Å². The van der Waals surface area contributed by atoms with Gasteiger partial charge in [-0.15, -0.1) is 0 Å². The van der Waals surface area contributed by atoms with Crippen molar-refractivity contribution in [3.8, 4) is 0 Å². The first-order valence-electron chi connectivity index (χ1n) is 8.50. The van der Waals surface area contributed by atoms with Crippen LogP contribution in [0.3, 0.4) is 0 Å². The number of amides is 1. The van der Waals surface area contributed by atoms with Crippen LogP contribution in [0.2, 0.25) is 0 Å². The zero-order valence-corrected chi connectivity index (χ0v) is 13.6. The Kier molecular flexibility index (Phi) is 3.60. The molecular weight excluding hydrogens is 290 g/mol. The lowest BCUT2D eigenvalue weighted by molar-refractivity contribution is -0.131. The Hall–Kier alpha value is -1.88. The van der Waals surface area contributed by atoms with Gasteiger partial charge in [-0.05, 0) is 44.2 Å². The lowest BCUT2D eigenvalue weighted by Gasteiger charge is -2.26. The lowest BCUT2D eigenvalue weighted by Crippen LogP contribution is -2.32. The standard InChI is InChI=1S/C18H23N3O2/c1-14-3-4-16-19-15(13-21(16)11-14)12-20-9-8-18(6-2-10-23-18)7-5-17(20)22/h3-4,11,13H,2,5-10,12H2,1H3. The number of fused-ring (bicyclic) bond motifs is 1. The molecule has 4 rings (SSSR count). The van der Waals surface area contributed by atoms with E-state index in [1.807, 2.05) is 21.6 Å². The summed E-state index contributed by atoms with van der Waals surface area (Å²) in [6.45, 7) is 4.28. The molecule has 0 bridgehead atoms. The van der Waals surface area contributed by atoms with Crippen LogP contribution in [0, 0.1) is 6.92 Å². The number of pyridine rings is 1. The van der Waals surface area contributed by atoms with Gasteiger partial charge in [0.05, 0.1) is 17.8 Å². The second kappa shape index (κ2) is 5.64. The molecule has 0 aromatic carbocycles. The van der Waals surface area contributed by atoms with Gasteiger partial charge in [0.2, 0.25) is 5.91 Å². The average Bonchev–Trinajstić information content (AvgIpc) is 3.11. The average molecular weight is 313 g/mol. The summed E-state index contributed by atoms with van der Waals surface area (Å²) in [5.74, 6) is 0.227. The number of aryl methyl sites for hydroxylation is 1. The number of carbonyl (C=O) groups excluding carboxylic acids is 1. The number of ether oxygens (including phenoxy) is 1. The predicted octanol–water partition coefficient (Wildman–Crippen LogP) is 2.70. The summed E-state index contributed by atoms with van der Waals surface area (Å²) in [6, 6.07) is 4.08. The molecule has 1 amide bonds. The Morgan fingerprint density at radius 3 is 3.00 bits per heavy atom. The molecule has 23 heavy (non-hydrogen) atoms. The number of aromatic nitrogens is 2. The van der Waals surface area contributed by atoms with E-state index < -0.39 is 0 Å². The number of hydrogen-bond donors (Lipinski definition) is 0. The van der Waals surface area contributed by atoms with Crippen molar-refractivity contribution in [1.82, 2.24) is 14.3 Å². The van der Waals surface area contributed by atoms with Crippen molar-refractivity contribution >= 4 is 11.6 Å². The van der Waals surface area contributed by atoms with E-state index in [1.54, 1.807) is 0 Å². The summed E-state index contributed by atoms with van der Waals surface area (Å²) >= 11 is 0. The van der Waals surface area contributed by atoms with Crippen molar-refractivity contribution in [3.63, 3.8) is 0 Å². The van der Waals surface area contributed by atoms with Gasteiger partial charge in [0, 0.05) is 32.0 Å². The molecule has 1 spiro atoms. The van der Waals surface area contributed by atoms with Crippen LogP contribution in [0.1, 0.15) is 43.4 Å². The second-order valence-electron chi connectivity index (χ2n) is 6.90. The maximum atomic E-state index is 12.5. The molecule has 2 aromatic rings. The van der Waals surface area contributed by atoms with Gasteiger partial charge >= 0.3 is 0 Å². The number of rotatable bonds is 2. The van der Waals surface area contributed by atoms with E-state index in [0.717, 1.165) is 50.2 Å². The van der Waals surface area contributed by atoms with Crippen LogP contribution in [0.25, 0.3) is 5.65 Å². The van der Waals surface area contributed by atoms with Gasteiger partial charge in [0.25, 0.3) is 0 Å². The van der Waals surface area contributed by atoms with E-state index in [0.29, 0.717) is 13.0 Å². The molecule has 1 atom stereocenters. The smallest absolute Gasteiger partial charge is 0.223 e. The molecule has 5 heteroatoms. The summed E-state index contributed by atoms with van der Waals surface area (Å²) in [7, 11) is 0. The SMILES string of the molecule is Cc1ccc2nc(CN3CCC4(CCCO4)CCC3=O)cn2c1. The first-order chi connectivity index (χ1) is 11.1. The minimum atomic E-state index is -0.0412. The van der Waals surface area contributed by atoms with Gasteiger partial charge in [-0.25, -0.2) is 4.98 Å². The molecule has 0 radical (unpaired) electrons. The first-order valence-corrected chi connectivity index (χ1v) is 8.50. The van der Waals surface area contributed by atoms with Crippen molar-refractivity contribution in [3.05, 3.63) is 35.8 Å². The molecule has 1 unspecified atom stereocenters. The summed E-state index contributed by atoms with van der Waals surface area (Å²) in [5.41, 5.74) is 3.05. The van der Waals surface area contributed by atoms with Crippen molar-refractivity contribution in [2.75, 3.05) is 13.2 Å². The van der Waals surface area contributed by atoms with E-state index >= 15 is 0 Å². The molecule has 2 aliphatic rings. The number of likely N-dealkylation sites (tertiary alicyclic amines) is 1. The Balaban J connectivity index is 1.51. The normalized spacial score (nSPS) is 25.4. The molecule has 0 N–H and O–H groups in total. The molecule has 2 aromatic heterocycles. The van der Waals surface area contributed by atoms with Gasteiger partial charge in [-0.3, -0.25) is 4.79 Å². The van der Waals surface area contributed by atoms with Gasteiger partial charge < -0.3 is 14.0 Å². The minimum absolute atomic E-state index is 0.0412. The molecule has 5 nitrogen and oxygen atoms in total. The third kappa shape index (κ3) is 2.85. The highest BCUT2D eigenvalue weighted by Gasteiger charge is 2.38. The topological polar surface area (TPSA) is 46.8 Å². The Morgan fingerprint density at radius 2 is 2.17 bits per heavy atom. The van der Waals surface area contributed by atoms with Gasteiger partial charge in [-0.2, -0.15) is 0 Å². The number of carbonyl (C=O) groups is 1. The van der Waals surface area contributed by atoms with Crippen molar-refractivity contribution in [2.24, 2.45) is 0 Å². The molecule has 2 aliphatic heterocycles. The number of imidazole rings is 1. The Labute approximate surface area is 136 Å². The van der Waals surface area contributed by atoms with Crippen molar-refractivity contribution in [1.29, 1.82) is 0 Å². The largest absolute Gasteiger partial charge is 0.375 e. The van der Waals surface area contributed by atoms with Crippen LogP contribution in [0.5, 0.6) is 0 Å². The van der Waals surface area contributed by atoms with E-state index in [4.69, 9.17) is 4.74 Å². The summed E-state index contributed by atoms with van der Waals surface area (Å²) in [6.07, 6.45) is 8.73. The van der Waals surface area contributed by atoms with Crippen LogP contribution < -0.4 is 0 Å². The highest BCUT2D eigenvalue weighted by atomic mass is 16.5. The Bertz CT molecular complexity index is 731. The first kappa shape index (κ1) is 14.7.